The van der Waals surface area contributed by atoms with Crippen LogP contribution in [-0.2, 0) is 14.2 Å². The van der Waals surface area contributed by atoms with Crippen LogP contribution in [0.5, 0.6) is 0 Å². The molecule has 0 aromatic heterocycles. The summed E-state index contributed by atoms with van der Waals surface area (Å²) in [7, 11) is 1.79. The number of guanidine groups is 1. The monoisotopic (exact) mass is 427 g/mol. The fourth-order valence-electron chi connectivity index (χ4n) is 2.58. The molecule has 2 aliphatic heterocycles. The minimum Gasteiger partial charge on any atom is -0.381 e. The van der Waals surface area contributed by atoms with Crippen molar-refractivity contribution in [2.45, 2.75) is 31.8 Å². The molecule has 0 aromatic carbocycles. The Morgan fingerprint density at radius 1 is 1.27 bits per heavy atom. The molecule has 0 radical (unpaired) electrons. The van der Waals surface area contributed by atoms with Gasteiger partial charge in [-0.2, -0.15) is 0 Å². The van der Waals surface area contributed by atoms with Crippen LogP contribution in [0.2, 0.25) is 0 Å². The normalized spacial score (nSPS) is 25.0. The molecule has 2 saturated heterocycles. The van der Waals surface area contributed by atoms with Crippen LogP contribution in [0.4, 0.5) is 0 Å². The van der Waals surface area contributed by atoms with Gasteiger partial charge in [0.2, 0.25) is 0 Å². The van der Waals surface area contributed by atoms with Gasteiger partial charge in [0, 0.05) is 45.9 Å². The van der Waals surface area contributed by atoms with Gasteiger partial charge in [-0.3, -0.25) is 4.99 Å². The van der Waals surface area contributed by atoms with Gasteiger partial charge in [0.1, 0.15) is 0 Å². The van der Waals surface area contributed by atoms with E-state index in [9.17, 15) is 0 Å². The van der Waals surface area contributed by atoms with Crippen LogP contribution >= 0.6 is 24.0 Å². The number of aliphatic imine (C=N–C) groups is 1. The first kappa shape index (κ1) is 19.9. The zero-order valence-corrected chi connectivity index (χ0v) is 15.8. The van der Waals surface area contributed by atoms with E-state index in [0.717, 1.165) is 71.3 Å². The Labute approximate surface area is 150 Å². The summed E-state index contributed by atoms with van der Waals surface area (Å²) in [6.07, 6.45) is 4.76. The summed E-state index contributed by atoms with van der Waals surface area (Å²) in [5.74, 6) is 1.44. The molecular formula is C15H30IN3O3. The predicted octanol–water partition coefficient (Wildman–Crippen LogP) is 1.39. The molecule has 0 spiro atoms. The van der Waals surface area contributed by atoms with Crippen molar-refractivity contribution in [2.24, 2.45) is 10.9 Å². The zero-order valence-electron chi connectivity index (χ0n) is 13.5. The summed E-state index contributed by atoms with van der Waals surface area (Å²) in [5, 5.41) is 6.60. The maximum Gasteiger partial charge on any atom is 0.191 e. The Balaban J connectivity index is 0.00000242. The number of halogens is 1. The van der Waals surface area contributed by atoms with Crippen LogP contribution in [-0.4, -0.2) is 65.2 Å². The molecule has 0 aliphatic carbocycles. The van der Waals surface area contributed by atoms with Crippen molar-refractivity contribution in [3.63, 3.8) is 0 Å². The summed E-state index contributed by atoms with van der Waals surface area (Å²) in [6.45, 7) is 5.95. The highest BCUT2D eigenvalue weighted by atomic mass is 127. The third-order valence-corrected chi connectivity index (χ3v) is 3.88. The zero-order chi connectivity index (χ0) is 14.8. The Hall–Kier alpha value is -0.120. The molecule has 2 rings (SSSR count). The minimum atomic E-state index is 0. The third kappa shape index (κ3) is 7.94. The topological polar surface area (TPSA) is 64.1 Å². The van der Waals surface area contributed by atoms with E-state index in [1.165, 1.54) is 6.42 Å². The second-order valence-corrected chi connectivity index (χ2v) is 5.67. The molecular weight excluding hydrogens is 397 g/mol. The van der Waals surface area contributed by atoms with Gasteiger partial charge in [-0.05, 0) is 25.7 Å². The average Bonchev–Trinajstić information content (AvgIpc) is 3.19. The lowest BCUT2D eigenvalue weighted by Gasteiger charge is -2.15. The van der Waals surface area contributed by atoms with Gasteiger partial charge in [0.25, 0.3) is 0 Å². The van der Waals surface area contributed by atoms with Crippen molar-refractivity contribution in [1.82, 2.24) is 10.6 Å². The number of rotatable bonds is 8. The van der Waals surface area contributed by atoms with E-state index in [1.807, 2.05) is 0 Å². The third-order valence-electron chi connectivity index (χ3n) is 3.88. The van der Waals surface area contributed by atoms with Gasteiger partial charge in [0.05, 0.1) is 19.3 Å². The Morgan fingerprint density at radius 2 is 2.18 bits per heavy atom. The van der Waals surface area contributed by atoms with E-state index < -0.39 is 0 Å². The van der Waals surface area contributed by atoms with Crippen LogP contribution in [0.15, 0.2) is 4.99 Å². The number of hydrogen-bond acceptors (Lipinski definition) is 4. The molecule has 7 heteroatoms. The van der Waals surface area contributed by atoms with Crippen molar-refractivity contribution in [1.29, 1.82) is 0 Å². The van der Waals surface area contributed by atoms with E-state index in [1.54, 1.807) is 7.05 Å². The molecule has 130 valence electrons. The maximum absolute atomic E-state index is 5.67. The molecule has 22 heavy (non-hydrogen) atoms. The van der Waals surface area contributed by atoms with Gasteiger partial charge in [-0.25, -0.2) is 0 Å². The lowest BCUT2D eigenvalue weighted by Crippen LogP contribution is -2.41. The molecule has 2 N–H and O–H groups in total. The fraction of sp³-hybridized carbons (Fsp3) is 0.933. The number of nitrogens with one attached hydrogen (secondary N) is 2. The second-order valence-electron chi connectivity index (χ2n) is 5.67. The minimum absolute atomic E-state index is 0. The molecule has 0 aromatic rings. The molecule has 2 heterocycles. The number of nitrogens with zero attached hydrogens (tertiary/aromatic N) is 1. The van der Waals surface area contributed by atoms with E-state index in [4.69, 9.17) is 14.2 Å². The summed E-state index contributed by atoms with van der Waals surface area (Å²) < 4.78 is 16.6. The fourth-order valence-corrected chi connectivity index (χ4v) is 2.58. The largest absolute Gasteiger partial charge is 0.381 e. The van der Waals surface area contributed by atoms with E-state index in [-0.39, 0.29) is 24.0 Å². The summed E-state index contributed by atoms with van der Waals surface area (Å²) >= 11 is 0. The molecule has 6 nitrogen and oxygen atoms in total. The van der Waals surface area contributed by atoms with Crippen LogP contribution < -0.4 is 10.6 Å². The number of hydrogen-bond donors (Lipinski definition) is 2. The molecule has 0 saturated carbocycles. The van der Waals surface area contributed by atoms with Gasteiger partial charge < -0.3 is 24.8 Å². The van der Waals surface area contributed by atoms with Gasteiger partial charge >= 0.3 is 0 Å². The Bertz CT molecular complexity index is 306. The Kier molecular flexibility index (Phi) is 11.2. The van der Waals surface area contributed by atoms with Crippen LogP contribution in [0, 0.1) is 5.92 Å². The van der Waals surface area contributed by atoms with E-state index >= 15 is 0 Å². The highest BCUT2D eigenvalue weighted by molar-refractivity contribution is 14.0. The van der Waals surface area contributed by atoms with Gasteiger partial charge in [-0.15, -0.1) is 24.0 Å². The summed E-state index contributed by atoms with van der Waals surface area (Å²) in [5.41, 5.74) is 0. The molecule has 2 fully saturated rings. The lowest BCUT2D eigenvalue weighted by molar-refractivity contribution is 0.0887. The van der Waals surface area contributed by atoms with Crippen LogP contribution in [0.1, 0.15) is 25.7 Å². The first-order chi connectivity index (χ1) is 10.4. The highest BCUT2D eigenvalue weighted by Crippen LogP contribution is 2.12. The Morgan fingerprint density at radius 3 is 2.86 bits per heavy atom. The SMILES string of the molecule is CN=C(NCCCOCC1CCOC1)NCC1CCCO1.I. The molecule has 2 atom stereocenters. The van der Waals surface area contributed by atoms with Crippen molar-refractivity contribution in [3.8, 4) is 0 Å². The summed E-state index contributed by atoms with van der Waals surface area (Å²) in [4.78, 5) is 4.21. The molecule has 0 amide bonds. The smallest absolute Gasteiger partial charge is 0.191 e. The number of ether oxygens (including phenoxy) is 3. The first-order valence-electron chi connectivity index (χ1n) is 8.10. The van der Waals surface area contributed by atoms with E-state index in [2.05, 4.69) is 15.6 Å². The predicted molar refractivity (Wildman–Crippen MR) is 98.1 cm³/mol. The van der Waals surface area contributed by atoms with Crippen LogP contribution in [0.25, 0.3) is 0 Å². The molecule has 2 unspecified atom stereocenters. The average molecular weight is 427 g/mol. The quantitative estimate of drug-likeness (QED) is 0.265. The van der Waals surface area contributed by atoms with Crippen molar-refractivity contribution in [2.75, 3.05) is 53.2 Å². The first-order valence-corrected chi connectivity index (χ1v) is 8.10. The molecule has 0 bridgehead atoms. The highest BCUT2D eigenvalue weighted by Gasteiger charge is 2.16. The standard InChI is InChI=1S/C15H29N3O3.HI/c1-16-15(18-10-14-4-2-8-21-14)17-6-3-7-19-11-13-5-9-20-12-13;/h13-14H,2-12H2,1H3,(H2,16,17,18);1H. The van der Waals surface area contributed by atoms with Gasteiger partial charge in [0.15, 0.2) is 5.96 Å². The van der Waals surface area contributed by atoms with Crippen molar-refractivity contribution < 1.29 is 14.2 Å². The summed E-state index contributed by atoms with van der Waals surface area (Å²) in [6, 6.07) is 0. The van der Waals surface area contributed by atoms with Crippen LogP contribution in [0.3, 0.4) is 0 Å². The maximum atomic E-state index is 5.67. The lowest BCUT2D eigenvalue weighted by atomic mass is 10.1. The second kappa shape index (κ2) is 12.3. The van der Waals surface area contributed by atoms with Crippen molar-refractivity contribution >= 4 is 29.9 Å². The van der Waals surface area contributed by atoms with Gasteiger partial charge in [-0.1, -0.05) is 0 Å². The molecule has 2 aliphatic rings. The van der Waals surface area contributed by atoms with E-state index in [0.29, 0.717) is 12.0 Å². The van der Waals surface area contributed by atoms with Crippen molar-refractivity contribution in [3.05, 3.63) is 0 Å².